The first-order valence-electron chi connectivity index (χ1n) is 10.2. The number of hydrogen-bond acceptors (Lipinski definition) is 5. The van der Waals surface area contributed by atoms with Gasteiger partial charge in [-0.2, -0.15) is 0 Å². The Morgan fingerprint density at radius 2 is 1.67 bits per heavy atom. The number of ether oxygens (including phenoxy) is 2. The molecule has 154 valence electrons. The molecular formula is C25H26N2O3. The van der Waals surface area contributed by atoms with Gasteiger partial charge >= 0.3 is 0 Å². The van der Waals surface area contributed by atoms with Crippen molar-refractivity contribution in [3.63, 3.8) is 0 Å². The van der Waals surface area contributed by atoms with Gasteiger partial charge in [0.05, 0.1) is 13.7 Å². The summed E-state index contributed by atoms with van der Waals surface area (Å²) < 4.78 is 11.1. The highest BCUT2D eigenvalue weighted by Gasteiger charge is 2.29. The molecule has 1 heterocycles. The molecule has 1 aliphatic rings. The summed E-state index contributed by atoms with van der Waals surface area (Å²) in [4.78, 5) is 5.03. The van der Waals surface area contributed by atoms with Crippen LogP contribution in [0.1, 0.15) is 42.2 Å². The fourth-order valence-corrected chi connectivity index (χ4v) is 3.80. The Morgan fingerprint density at radius 1 is 0.967 bits per heavy atom. The Balaban J connectivity index is 1.76. The number of benzene rings is 3. The summed E-state index contributed by atoms with van der Waals surface area (Å²) in [7, 11) is 1.66. The first-order valence-corrected chi connectivity index (χ1v) is 10.2. The summed E-state index contributed by atoms with van der Waals surface area (Å²) in [6.45, 7) is 2.56. The van der Waals surface area contributed by atoms with E-state index in [1.807, 2.05) is 73.7 Å². The summed E-state index contributed by atoms with van der Waals surface area (Å²) >= 11 is 0. The van der Waals surface area contributed by atoms with E-state index in [0.717, 1.165) is 33.9 Å². The van der Waals surface area contributed by atoms with Crippen LogP contribution in [0.15, 0.2) is 77.8 Å². The topological polar surface area (TPSA) is 63.1 Å². The SMILES string of the molecule is CCOc1ccccc1[C@@H]1N=C(c2ccc(OC)cc2)C[C@@H](c2ccccc2O)N1. The molecule has 0 spiro atoms. The third-order valence-corrected chi connectivity index (χ3v) is 5.29. The predicted molar refractivity (Wildman–Crippen MR) is 118 cm³/mol. The average Bonchev–Trinajstić information content (AvgIpc) is 2.80. The number of phenolic OH excluding ortho intramolecular Hbond substituents is 1. The number of aliphatic imine (C=N–C) groups is 1. The molecule has 2 atom stereocenters. The van der Waals surface area contributed by atoms with Crippen molar-refractivity contribution >= 4 is 5.71 Å². The number of para-hydroxylation sites is 2. The van der Waals surface area contributed by atoms with Crippen LogP contribution in [0.25, 0.3) is 0 Å². The lowest BCUT2D eigenvalue weighted by molar-refractivity contribution is 0.327. The van der Waals surface area contributed by atoms with Crippen LogP contribution in [-0.4, -0.2) is 24.5 Å². The van der Waals surface area contributed by atoms with E-state index >= 15 is 0 Å². The molecule has 5 nitrogen and oxygen atoms in total. The molecule has 0 unspecified atom stereocenters. The van der Waals surface area contributed by atoms with Gasteiger partial charge in [-0.25, -0.2) is 0 Å². The van der Waals surface area contributed by atoms with Crippen molar-refractivity contribution in [3.8, 4) is 17.2 Å². The van der Waals surface area contributed by atoms with E-state index in [0.29, 0.717) is 13.0 Å². The zero-order chi connectivity index (χ0) is 20.9. The van der Waals surface area contributed by atoms with Gasteiger partial charge in [0, 0.05) is 29.3 Å². The van der Waals surface area contributed by atoms with Crippen molar-refractivity contribution in [2.45, 2.75) is 25.6 Å². The number of nitrogens with zero attached hydrogens (tertiary/aromatic N) is 1. The van der Waals surface area contributed by atoms with Crippen molar-refractivity contribution in [2.75, 3.05) is 13.7 Å². The van der Waals surface area contributed by atoms with Crippen LogP contribution in [-0.2, 0) is 0 Å². The van der Waals surface area contributed by atoms with E-state index in [4.69, 9.17) is 14.5 Å². The van der Waals surface area contributed by atoms with Crippen LogP contribution < -0.4 is 14.8 Å². The third kappa shape index (κ3) is 4.16. The minimum Gasteiger partial charge on any atom is -0.508 e. The maximum Gasteiger partial charge on any atom is 0.129 e. The van der Waals surface area contributed by atoms with Crippen molar-refractivity contribution in [3.05, 3.63) is 89.5 Å². The molecule has 5 heteroatoms. The lowest BCUT2D eigenvalue weighted by atomic mass is 9.93. The van der Waals surface area contributed by atoms with Crippen LogP contribution >= 0.6 is 0 Å². The fourth-order valence-electron chi connectivity index (χ4n) is 3.80. The molecule has 0 radical (unpaired) electrons. The Hall–Kier alpha value is -3.31. The summed E-state index contributed by atoms with van der Waals surface area (Å²) in [6.07, 6.45) is 0.375. The van der Waals surface area contributed by atoms with E-state index in [9.17, 15) is 5.11 Å². The predicted octanol–water partition coefficient (Wildman–Crippen LogP) is 5.02. The van der Waals surface area contributed by atoms with Crippen LogP contribution in [0.5, 0.6) is 17.2 Å². The largest absolute Gasteiger partial charge is 0.508 e. The quantitative estimate of drug-likeness (QED) is 0.608. The zero-order valence-electron chi connectivity index (χ0n) is 17.2. The van der Waals surface area contributed by atoms with E-state index < -0.39 is 0 Å². The van der Waals surface area contributed by atoms with E-state index in [2.05, 4.69) is 5.32 Å². The number of hydrogen-bond donors (Lipinski definition) is 2. The lowest BCUT2D eigenvalue weighted by Crippen LogP contribution is -2.33. The molecule has 1 aliphatic heterocycles. The van der Waals surface area contributed by atoms with Gasteiger partial charge in [0.1, 0.15) is 23.4 Å². The second-order valence-electron chi connectivity index (χ2n) is 7.16. The minimum absolute atomic E-state index is 0.0829. The highest BCUT2D eigenvalue weighted by atomic mass is 16.5. The lowest BCUT2D eigenvalue weighted by Gasteiger charge is -2.31. The van der Waals surface area contributed by atoms with Crippen molar-refractivity contribution in [2.24, 2.45) is 4.99 Å². The Morgan fingerprint density at radius 3 is 2.37 bits per heavy atom. The van der Waals surface area contributed by atoms with Gasteiger partial charge in [-0.05, 0) is 48.9 Å². The molecule has 0 saturated carbocycles. The molecule has 3 aromatic carbocycles. The van der Waals surface area contributed by atoms with Crippen molar-refractivity contribution in [1.29, 1.82) is 0 Å². The molecule has 0 bridgehead atoms. The van der Waals surface area contributed by atoms with E-state index in [1.165, 1.54) is 0 Å². The number of aromatic hydroxyl groups is 1. The van der Waals surface area contributed by atoms with Gasteiger partial charge in [-0.3, -0.25) is 10.3 Å². The molecular weight excluding hydrogens is 376 g/mol. The second kappa shape index (κ2) is 9.01. The summed E-state index contributed by atoms with van der Waals surface area (Å²) in [6, 6.07) is 23.3. The number of rotatable bonds is 6. The first kappa shape index (κ1) is 20.0. The highest BCUT2D eigenvalue weighted by Crippen LogP contribution is 2.36. The first-order chi connectivity index (χ1) is 14.7. The summed E-state index contributed by atoms with van der Waals surface area (Å²) in [5, 5.41) is 14.1. The molecule has 0 saturated heterocycles. The smallest absolute Gasteiger partial charge is 0.129 e. The maximum absolute atomic E-state index is 10.5. The van der Waals surface area contributed by atoms with Gasteiger partial charge in [0.25, 0.3) is 0 Å². The molecule has 4 rings (SSSR count). The van der Waals surface area contributed by atoms with Gasteiger partial charge in [-0.15, -0.1) is 0 Å². The van der Waals surface area contributed by atoms with Crippen molar-refractivity contribution in [1.82, 2.24) is 5.32 Å². The molecule has 3 aromatic rings. The van der Waals surface area contributed by atoms with Gasteiger partial charge < -0.3 is 14.6 Å². The molecule has 2 N–H and O–H groups in total. The summed E-state index contributed by atoms with van der Waals surface area (Å²) in [5.74, 6) is 1.90. The average molecular weight is 402 g/mol. The monoisotopic (exact) mass is 402 g/mol. The van der Waals surface area contributed by atoms with Gasteiger partial charge in [0.15, 0.2) is 0 Å². The van der Waals surface area contributed by atoms with Crippen LogP contribution in [0, 0.1) is 0 Å². The number of nitrogens with one attached hydrogen (secondary N) is 1. The van der Waals surface area contributed by atoms with Crippen LogP contribution in [0.2, 0.25) is 0 Å². The van der Waals surface area contributed by atoms with Crippen molar-refractivity contribution < 1.29 is 14.6 Å². The fraction of sp³-hybridized carbons (Fsp3) is 0.240. The second-order valence-corrected chi connectivity index (χ2v) is 7.16. The van der Waals surface area contributed by atoms with Gasteiger partial charge in [-0.1, -0.05) is 36.4 Å². The van der Waals surface area contributed by atoms with Crippen LogP contribution in [0.3, 0.4) is 0 Å². The third-order valence-electron chi connectivity index (χ3n) is 5.29. The zero-order valence-corrected chi connectivity index (χ0v) is 17.2. The standard InChI is InChI=1S/C25H26N2O3/c1-3-30-24-11-7-5-9-20(24)25-26-21(17-12-14-18(29-2)15-13-17)16-22(27-25)19-8-4-6-10-23(19)28/h4-15,22,25,27-28H,3,16H2,1-2H3/t22-,25+/m0/s1. The molecule has 0 aliphatic carbocycles. The Kier molecular flexibility index (Phi) is 6.00. The minimum atomic E-state index is -0.289. The Labute approximate surface area is 177 Å². The molecule has 0 fully saturated rings. The van der Waals surface area contributed by atoms with Gasteiger partial charge in [0.2, 0.25) is 0 Å². The normalized spacial score (nSPS) is 18.5. The molecule has 0 amide bonds. The highest BCUT2D eigenvalue weighted by molar-refractivity contribution is 6.01. The number of phenols is 1. The maximum atomic E-state index is 10.5. The van der Waals surface area contributed by atoms with Crippen LogP contribution in [0.4, 0.5) is 0 Å². The number of methoxy groups -OCH3 is 1. The van der Waals surface area contributed by atoms with E-state index in [-0.39, 0.29) is 18.0 Å². The molecule has 30 heavy (non-hydrogen) atoms. The molecule has 0 aromatic heterocycles. The Bertz CT molecular complexity index is 1030. The summed E-state index contributed by atoms with van der Waals surface area (Å²) in [5.41, 5.74) is 3.85. The van der Waals surface area contributed by atoms with E-state index in [1.54, 1.807) is 13.2 Å².